The fourth-order valence-electron chi connectivity index (χ4n) is 1.94. The van der Waals surface area contributed by atoms with Gasteiger partial charge in [-0.25, -0.2) is 0 Å². The third kappa shape index (κ3) is 3.87. The lowest BCUT2D eigenvalue weighted by Crippen LogP contribution is -2.43. The van der Waals surface area contributed by atoms with Crippen molar-refractivity contribution < 1.29 is 9.47 Å². The van der Waals surface area contributed by atoms with E-state index in [1.165, 1.54) is 12.8 Å². The first-order valence-electron chi connectivity index (χ1n) is 6.61. The van der Waals surface area contributed by atoms with E-state index in [2.05, 4.69) is 11.4 Å². The first-order chi connectivity index (χ1) is 9.17. The molecule has 1 N–H and O–H groups in total. The lowest BCUT2D eigenvalue weighted by molar-refractivity contribution is 0.254. The Labute approximate surface area is 114 Å². The number of nitriles is 1. The Morgan fingerprint density at radius 3 is 2.63 bits per heavy atom. The molecule has 1 aliphatic rings. The van der Waals surface area contributed by atoms with Gasteiger partial charge in [0.05, 0.1) is 19.8 Å². The highest BCUT2D eigenvalue weighted by Gasteiger charge is 2.32. The highest BCUT2D eigenvalue weighted by Crippen LogP contribution is 2.27. The van der Waals surface area contributed by atoms with Crippen molar-refractivity contribution in [2.45, 2.75) is 37.8 Å². The van der Waals surface area contributed by atoms with Gasteiger partial charge in [-0.15, -0.1) is 0 Å². The van der Waals surface area contributed by atoms with Gasteiger partial charge in [-0.2, -0.15) is 5.26 Å². The zero-order valence-electron chi connectivity index (χ0n) is 11.5. The molecule has 102 valence electrons. The molecule has 19 heavy (non-hydrogen) atoms. The lowest BCUT2D eigenvalue weighted by atomic mass is 10.0. The maximum atomic E-state index is 9.27. The lowest BCUT2D eigenvalue weighted by Gasteiger charge is -2.23. The Morgan fingerprint density at radius 2 is 2.05 bits per heavy atom. The van der Waals surface area contributed by atoms with E-state index in [1.807, 2.05) is 31.2 Å². The minimum atomic E-state index is -0.511. The number of rotatable bonds is 7. The average Bonchev–Trinajstić information content (AvgIpc) is 3.23. The van der Waals surface area contributed by atoms with Crippen molar-refractivity contribution in [3.63, 3.8) is 0 Å². The van der Waals surface area contributed by atoms with Crippen LogP contribution in [0.3, 0.4) is 0 Å². The van der Waals surface area contributed by atoms with Crippen LogP contribution in [0, 0.1) is 11.3 Å². The van der Waals surface area contributed by atoms with Crippen LogP contribution < -0.4 is 14.8 Å². The van der Waals surface area contributed by atoms with Crippen LogP contribution in [0.25, 0.3) is 0 Å². The number of methoxy groups -OCH3 is 1. The Hall–Kier alpha value is -1.73. The summed E-state index contributed by atoms with van der Waals surface area (Å²) in [7, 11) is 1.62. The highest BCUT2D eigenvalue weighted by atomic mass is 16.5. The van der Waals surface area contributed by atoms with Gasteiger partial charge in [0, 0.05) is 12.5 Å². The summed E-state index contributed by atoms with van der Waals surface area (Å²) < 4.78 is 10.9. The molecule has 1 unspecified atom stereocenters. The van der Waals surface area contributed by atoms with Gasteiger partial charge >= 0.3 is 0 Å². The van der Waals surface area contributed by atoms with E-state index in [0.29, 0.717) is 19.1 Å². The number of nitrogens with zero attached hydrogens (tertiary/aromatic N) is 1. The van der Waals surface area contributed by atoms with Crippen LogP contribution in [0.15, 0.2) is 24.3 Å². The standard InChI is InChI=1S/C15H20N2O2/c1-15(11-16,17-12-7-8-12)9-10-19-14-6-4-3-5-13(14)18-2/h3-6,12,17H,7-10H2,1-2H3. The summed E-state index contributed by atoms with van der Waals surface area (Å²) in [4.78, 5) is 0. The largest absolute Gasteiger partial charge is 0.493 e. The van der Waals surface area contributed by atoms with Gasteiger partial charge in [0.2, 0.25) is 0 Å². The molecule has 1 aliphatic carbocycles. The van der Waals surface area contributed by atoms with Gasteiger partial charge in [-0.3, -0.25) is 5.32 Å². The topological polar surface area (TPSA) is 54.3 Å². The van der Waals surface area contributed by atoms with Crippen LogP contribution >= 0.6 is 0 Å². The van der Waals surface area contributed by atoms with Crippen molar-refractivity contribution in [3.8, 4) is 17.6 Å². The van der Waals surface area contributed by atoms with Gasteiger partial charge in [-0.1, -0.05) is 12.1 Å². The SMILES string of the molecule is COc1ccccc1OCCC(C)(C#N)NC1CC1. The summed E-state index contributed by atoms with van der Waals surface area (Å²) in [5.74, 6) is 1.44. The molecule has 1 aromatic rings. The molecule has 0 radical (unpaired) electrons. The van der Waals surface area contributed by atoms with Crippen LogP contribution in [0.5, 0.6) is 11.5 Å². The summed E-state index contributed by atoms with van der Waals surface area (Å²) >= 11 is 0. The van der Waals surface area contributed by atoms with Gasteiger partial charge in [0.15, 0.2) is 11.5 Å². The highest BCUT2D eigenvalue weighted by molar-refractivity contribution is 5.39. The third-order valence-electron chi connectivity index (χ3n) is 3.28. The second kappa shape index (κ2) is 5.94. The Kier molecular flexibility index (Phi) is 4.28. The smallest absolute Gasteiger partial charge is 0.161 e. The molecule has 0 bridgehead atoms. The van der Waals surface area contributed by atoms with Crippen LogP contribution in [0.2, 0.25) is 0 Å². The van der Waals surface area contributed by atoms with E-state index in [1.54, 1.807) is 7.11 Å². The van der Waals surface area contributed by atoms with Crippen LogP contribution in [0.4, 0.5) is 0 Å². The molecule has 0 aromatic heterocycles. The molecular weight excluding hydrogens is 240 g/mol. The molecule has 2 rings (SSSR count). The fraction of sp³-hybridized carbons (Fsp3) is 0.533. The maximum Gasteiger partial charge on any atom is 0.161 e. The van der Waals surface area contributed by atoms with E-state index in [0.717, 1.165) is 11.5 Å². The monoisotopic (exact) mass is 260 g/mol. The molecule has 1 fully saturated rings. The number of benzene rings is 1. The number of para-hydroxylation sites is 2. The Bertz CT molecular complexity index is 465. The van der Waals surface area contributed by atoms with E-state index in [9.17, 15) is 5.26 Å². The average molecular weight is 260 g/mol. The van der Waals surface area contributed by atoms with Crippen molar-refractivity contribution in [1.29, 1.82) is 5.26 Å². The maximum absolute atomic E-state index is 9.27. The van der Waals surface area contributed by atoms with Gasteiger partial charge in [0.1, 0.15) is 5.54 Å². The predicted octanol–water partition coefficient (Wildman–Crippen LogP) is 2.50. The predicted molar refractivity (Wildman–Crippen MR) is 73.3 cm³/mol. The van der Waals surface area contributed by atoms with Crippen molar-refractivity contribution in [2.24, 2.45) is 0 Å². The molecule has 0 spiro atoms. The first kappa shape index (κ1) is 13.7. The zero-order chi connectivity index (χ0) is 13.7. The summed E-state index contributed by atoms with van der Waals surface area (Å²) in [6, 6.07) is 10.4. The van der Waals surface area contributed by atoms with E-state index in [-0.39, 0.29) is 0 Å². The number of hydrogen-bond acceptors (Lipinski definition) is 4. The summed E-state index contributed by atoms with van der Waals surface area (Å²) in [6.07, 6.45) is 2.99. The van der Waals surface area contributed by atoms with Gasteiger partial charge < -0.3 is 9.47 Å². The van der Waals surface area contributed by atoms with Crippen LogP contribution in [0.1, 0.15) is 26.2 Å². The molecule has 0 heterocycles. The van der Waals surface area contributed by atoms with Crippen LogP contribution in [-0.2, 0) is 0 Å². The Balaban J connectivity index is 1.86. The first-order valence-corrected chi connectivity index (χ1v) is 6.61. The molecule has 4 nitrogen and oxygen atoms in total. The van der Waals surface area contributed by atoms with E-state index in [4.69, 9.17) is 9.47 Å². The van der Waals surface area contributed by atoms with Crippen molar-refractivity contribution in [1.82, 2.24) is 5.32 Å². The fourth-order valence-corrected chi connectivity index (χ4v) is 1.94. The quantitative estimate of drug-likeness (QED) is 0.818. The van der Waals surface area contributed by atoms with Crippen molar-refractivity contribution >= 4 is 0 Å². The molecule has 0 aliphatic heterocycles. The summed E-state index contributed by atoms with van der Waals surface area (Å²) in [5, 5.41) is 12.6. The molecule has 4 heteroatoms. The Morgan fingerprint density at radius 1 is 1.37 bits per heavy atom. The normalized spacial score (nSPS) is 17.3. The van der Waals surface area contributed by atoms with E-state index >= 15 is 0 Å². The van der Waals surface area contributed by atoms with Crippen molar-refractivity contribution in [3.05, 3.63) is 24.3 Å². The second-order valence-corrected chi connectivity index (χ2v) is 5.11. The summed E-state index contributed by atoms with van der Waals surface area (Å²) in [5.41, 5.74) is -0.511. The minimum Gasteiger partial charge on any atom is -0.493 e. The molecule has 1 aromatic carbocycles. The molecule has 1 saturated carbocycles. The zero-order valence-corrected chi connectivity index (χ0v) is 11.5. The second-order valence-electron chi connectivity index (χ2n) is 5.11. The van der Waals surface area contributed by atoms with Crippen LogP contribution in [-0.4, -0.2) is 25.3 Å². The molecular formula is C15H20N2O2. The number of hydrogen-bond donors (Lipinski definition) is 1. The van der Waals surface area contributed by atoms with Gasteiger partial charge in [-0.05, 0) is 31.9 Å². The van der Waals surface area contributed by atoms with E-state index < -0.39 is 5.54 Å². The third-order valence-corrected chi connectivity index (χ3v) is 3.28. The molecule has 1 atom stereocenters. The van der Waals surface area contributed by atoms with Gasteiger partial charge in [0.25, 0.3) is 0 Å². The minimum absolute atomic E-state index is 0.490. The molecule has 0 saturated heterocycles. The summed E-state index contributed by atoms with van der Waals surface area (Å²) in [6.45, 7) is 2.42. The number of nitrogens with one attached hydrogen (secondary N) is 1. The molecule has 0 amide bonds. The number of ether oxygens (including phenoxy) is 2. The van der Waals surface area contributed by atoms with Crippen molar-refractivity contribution in [2.75, 3.05) is 13.7 Å².